The molecule has 2 N–H and O–H groups in total. The van der Waals surface area contributed by atoms with Crippen molar-refractivity contribution in [3.05, 3.63) is 28.9 Å². The maximum absolute atomic E-state index is 11.8. The molecule has 25 heavy (non-hydrogen) atoms. The Morgan fingerprint density at radius 3 is 2.84 bits per heavy atom. The van der Waals surface area contributed by atoms with E-state index in [4.69, 9.17) is 16.3 Å². The number of aliphatic hydroxyl groups excluding tert-OH is 1. The second-order valence-electron chi connectivity index (χ2n) is 7.22. The van der Waals surface area contributed by atoms with Gasteiger partial charge in [0.2, 0.25) is 0 Å². The Morgan fingerprint density at radius 2 is 2.16 bits per heavy atom. The third-order valence-electron chi connectivity index (χ3n) is 5.86. The van der Waals surface area contributed by atoms with Gasteiger partial charge in [0.15, 0.2) is 0 Å². The number of aromatic amines is 1. The van der Waals surface area contributed by atoms with E-state index in [1.165, 1.54) is 7.11 Å². The lowest BCUT2D eigenvalue weighted by molar-refractivity contribution is 0.0521. The Hall–Kier alpha value is -1.79. The van der Waals surface area contributed by atoms with Crippen molar-refractivity contribution in [3.8, 4) is 0 Å². The van der Waals surface area contributed by atoms with Crippen LogP contribution in [0, 0.1) is 17.8 Å². The summed E-state index contributed by atoms with van der Waals surface area (Å²) in [6.45, 7) is 1.44. The van der Waals surface area contributed by atoms with E-state index in [0.717, 1.165) is 42.4 Å². The molecule has 2 aliphatic rings. The number of piperidine rings is 1. The normalized spacial score (nSPS) is 26.8. The van der Waals surface area contributed by atoms with Gasteiger partial charge < -0.3 is 14.7 Å². The summed E-state index contributed by atoms with van der Waals surface area (Å²) < 4.78 is 4.86. The molecular formula is C18H22ClN3O3. The van der Waals surface area contributed by atoms with Gasteiger partial charge in [0, 0.05) is 29.1 Å². The van der Waals surface area contributed by atoms with E-state index >= 15 is 0 Å². The molecule has 2 heterocycles. The van der Waals surface area contributed by atoms with Gasteiger partial charge in [-0.25, -0.2) is 4.79 Å². The highest BCUT2D eigenvalue weighted by Gasteiger charge is 2.44. The molecule has 3 unspecified atom stereocenters. The van der Waals surface area contributed by atoms with Crippen molar-refractivity contribution in [3.63, 3.8) is 0 Å². The number of carbonyl (C=O) groups excluding carboxylic acids is 1. The van der Waals surface area contributed by atoms with Crippen LogP contribution in [-0.2, 0) is 4.74 Å². The van der Waals surface area contributed by atoms with Crippen molar-refractivity contribution < 1.29 is 14.6 Å². The van der Waals surface area contributed by atoms with Crippen LogP contribution < -0.4 is 0 Å². The Morgan fingerprint density at radius 1 is 1.44 bits per heavy atom. The van der Waals surface area contributed by atoms with Crippen molar-refractivity contribution >= 4 is 28.6 Å². The first-order valence-corrected chi connectivity index (χ1v) is 9.08. The van der Waals surface area contributed by atoms with Crippen molar-refractivity contribution in [1.82, 2.24) is 15.1 Å². The number of amides is 1. The molecule has 7 heteroatoms. The standard InChI is InChI=1S/C18H22ClN3O3/c1-25-18(24)22-8-10-2-3-11(9-22)14(10)6-16(23)15-5-13(19)4-12-7-20-21-17(12)15/h4-5,7,10-11,14,16,23H,2-3,6,8-9H2,1H3,(H,20,21). The van der Waals surface area contributed by atoms with Crippen LogP contribution in [0.5, 0.6) is 0 Å². The molecule has 1 aromatic heterocycles. The number of nitrogens with zero attached hydrogens (tertiary/aromatic N) is 2. The van der Waals surface area contributed by atoms with Gasteiger partial charge in [-0.05, 0) is 49.1 Å². The van der Waals surface area contributed by atoms with Gasteiger partial charge in [-0.15, -0.1) is 0 Å². The molecule has 1 amide bonds. The number of fused-ring (bicyclic) bond motifs is 3. The zero-order valence-electron chi connectivity index (χ0n) is 14.1. The largest absolute Gasteiger partial charge is 0.453 e. The van der Waals surface area contributed by atoms with Gasteiger partial charge in [-0.1, -0.05) is 11.6 Å². The van der Waals surface area contributed by atoms with Crippen LogP contribution in [0.2, 0.25) is 5.02 Å². The number of aromatic nitrogens is 2. The zero-order chi connectivity index (χ0) is 17.6. The minimum Gasteiger partial charge on any atom is -0.453 e. The van der Waals surface area contributed by atoms with Crippen LogP contribution in [0.3, 0.4) is 0 Å². The fraction of sp³-hybridized carbons (Fsp3) is 0.556. The first-order valence-electron chi connectivity index (χ1n) is 8.70. The minimum atomic E-state index is -0.598. The number of ether oxygens (including phenoxy) is 1. The van der Waals surface area contributed by atoms with E-state index in [1.54, 1.807) is 11.1 Å². The first kappa shape index (κ1) is 16.7. The monoisotopic (exact) mass is 363 g/mol. The lowest BCUT2D eigenvalue weighted by Crippen LogP contribution is -2.45. The summed E-state index contributed by atoms with van der Waals surface area (Å²) in [6.07, 6.45) is 3.76. The molecule has 1 aromatic carbocycles. The van der Waals surface area contributed by atoms with Gasteiger partial charge in [0.1, 0.15) is 0 Å². The Labute approximate surface area is 151 Å². The number of hydrogen-bond acceptors (Lipinski definition) is 4. The molecule has 6 nitrogen and oxygen atoms in total. The van der Waals surface area contributed by atoms with Crippen LogP contribution in [0.15, 0.2) is 18.3 Å². The summed E-state index contributed by atoms with van der Waals surface area (Å²) >= 11 is 6.20. The summed E-state index contributed by atoms with van der Waals surface area (Å²) in [5, 5.41) is 19.4. The van der Waals surface area contributed by atoms with Gasteiger partial charge in [0.25, 0.3) is 0 Å². The molecule has 1 saturated carbocycles. The highest BCUT2D eigenvalue weighted by atomic mass is 35.5. The summed E-state index contributed by atoms with van der Waals surface area (Å²) in [5.41, 5.74) is 1.64. The van der Waals surface area contributed by atoms with Crippen molar-refractivity contribution in [2.24, 2.45) is 17.8 Å². The molecule has 134 valence electrons. The SMILES string of the molecule is COC(=O)N1CC2CCC(C1)C2CC(O)c1cc(Cl)cc2cn[nH]c12. The zero-order valence-corrected chi connectivity index (χ0v) is 14.9. The van der Waals surface area contributed by atoms with Gasteiger partial charge in [-0.2, -0.15) is 5.10 Å². The number of H-pyrrole nitrogens is 1. The quantitative estimate of drug-likeness (QED) is 0.876. The van der Waals surface area contributed by atoms with Crippen LogP contribution in [-0.4, -0.2) is 46.5 Å². The van der Waals surface area contributed by atoms with E-state index in [0.29, 0.717) is 29.2 Å². The molecule has 1 aliphatic carbocycles. The summed E-state index contributed by atoms with van der Waals surface area (Å²) in [7, 11) is 1.43. The number of aliphatic hydroxyl groups is 1. The topological polar surface area (TPSA) is 78.4 Å². The summed E-state index contributed by atoms with van der Waals surface area (Å²) in [4.78, 5) is 13.6. The van der Waals surface area contributed by atoms with E-state index in [-0.39, 0.29) is 6.09 Å². The second-order valence-corrected chi connectivity index (χ2v) is 7.65. The third-order valence-corrected chi connectivity index (χ3v) is 6.08. The third kappa shape index (κ3) is 2.98. The number of likely N-dealkylation sites (tertiary alicyclic amines) is 1. The number of rotatable bonds is 3. The molecule has 4 rings (SSSR count). The molecular weight excluding hydrogens is 342 g/mol. The molecule has 1 saturated heterocycles. The van der Waals surface area contributed by atoms with Crippen LogP contribution >= 0.6 is 11.6 Å². The molecule has 2 fully saturated rings. The number of carbonyl (C=O) groups is 1. The highest BCUT2D eigenvalue weighted by molar-refractivity contribution is 6.31. The lowest BCUT2D eigenvalue weighted by Gasteiger charge is -2.38. The predicted molar refractivity (Wildman–Crippen MR) is 94.4 cm³/mol. The van der Waals surface area contributed by atoms with Crippen molar-refractivity contribution in [1.29, 1.82) is 0 Å². The molecule has 3 atom stereocenters. The maximum Gasteiger partial charge on any atom is 0.409 e. The molecule has 2 bridgehead atoms. The Balaban J connectivity index is 1.53. The van der Waals surface area contributed by atoms with Crippen LogP contribution in [0.25, 0.3) is 10.9 Å². The fourth-order valence-corrected chi connectivity index (χ4v) is 4.93. The lowest BCUT2D eigenvalue weighted by atomic mass is 9.80. The van der Waals surface area contributed by atoms with Gasteiger partial charge in [-0.3, -0.25) is 5.10 Å². The van der Waals surface area contributed by atoms with E-state index in [2.05, 4.69) is 10.2 Å². The molecule has 0 spiro atoms. The van der Waals surface area contributed by atoms with Gasteiger partial charge >= 0.3 is 6.09 Å². The fourth-order valence-electron chi connectivity index (χ4n) is 4.69. The second kappa shape index (κ2) is 6.50. The summed E-state index contributed by atoms with van der Waals surface area (Å²) in [6, 6.07) is 3.66. The van der Waals surface area contributed by atoms with E-state index in [1.807, 2.05) is 12.1 Å². The highest BCUT2D eigenvalue weighted by Crippen LogP contribution is 2.46. The van der Waals surface area contributed by atoms with E-state index < -0.39 is 6.10 Å². The molecule has 2 aromatic rings. The van der Waals surface area contributed by atoms with Crippen LogP contribution in [0.1, 0.15) is 30.9 Å². The number of nitrogens with one attached hydrogen (secondary N) is 1. The average molecular weight is 364 g/mol. The van der Waals surface area contributed by atoms with Crippen molar-refractivity contribution in [2.45, 2.75) is 25.4 Å². The molecule has 1 aliphatic heterocycles. The van der Waals surface area contributed by atoms with Crippen molar-refractivity contribution in [2.75, 3.05) is 20.2 Å². The number of halogens is 1. The Kier molecular flexibility index (Phi) is 4.33. The first-order chi connectivity index (χ1) is 12.1. The number of benzene rings is 1. The van der Waals surface area contributed by atoms with Gasteiger partial charge in [0.05, 0.1) is 24.9 Å². The number of methoxy groups -OCH3 is 1. The number of hydrogen-bond donors (Lipinski definition) is 2. The average Bonchev–Trinajstić information content (AvgIpc) is 3.14. The predicted octanol–water partition coefficient (Wildman–Crippen LogP) is 3.36. The van der Waals surface area contributed by atoms with E-state index in [9.17, 15) is 9.90 Å². The molecule has 0 radical (unpaired) electrons. The Bertz CT molecular complexity index is 779. The summed E-state index contributed by atoms with van der Waals surface area (Å²) in [5.74, 6) is 1.25. The maximum atomic E-state index is 11.8. The van der Waals surface area contributed by atoms with Crippen LogP contribution in [0.4, 0.5) is 4.79 Å². The minimum absolute atomic E-state index is 0.245. The smallest absolute Gasteiger partial charge is 0.409 e.